The third-order valence-corrected chi connectivity index (χ3v) is 5.25. The van der Waals surface area contributed by atoms with Crippen LogP contribution >= 0.6 is 11.3 Å². The third kappa shape index (κ3) is 4.35. The van der Waals surface area contributed by atoms with Crippen LogP contribution in [0.3, 0.4) is 0 Å². The molecule has 0 atom stereocenters. The van der Waals surface area contributed by atoms with Crippen molar-refractivity contribution < 1.29 is 4.79 Å². The maximum atomic E-state index is 12.5. The van der Waals surface area contributed by atoms with E-state index >= 15 is 0 Å². The molecule has 0 radical (unpaired) electrons. The zero-order valence-electron chi connectivity index (χ0n) is 15.2. The number of rotatable bonds is 5. The van der Waals surface area contributed by atoms with E-state index in [2.05, 4.69) is 28.3 Å². The van der Waals surface area contributed by atoms with Gasteiger partial charge in [-0.15, -0.1) is 11.3 Å². The van der Waals surface area contributed by atoms with Crippen LogP contribution in [0, 0.1) is 0 Å². The number of aromatic nitrogens is 3. The molecule has 2 amide bonds. The van der Waals surface area contributed by atoms with Crippen LogP contribution in [0.4, 0.5) is 10.5 Å². The summed E-state index contributed by atoms with van der Waals surface area (Å²) in [4.78, 5) is 20.9. The first-order chi connectivity index (χ1) is 13.2. The molecular weight excluding hydrogens is 360 g/mol. The number of hydrogen-bond donors (Lipinski definition) is 1. The van der Waals surface area contributed by atoms with Crippen molar-refractivity contribution in [2.24, 2.45) is 0 Å². The molecular formula is C19H22N6OS. The Kier molecular flexibility index (Phi) is 5.17. The molecule has 0 fully saturated rings. The van der Waals surface area contributed by atoms with E-state index in [1.165, 1.54) is 0 Å². The molecule has 0 unspecified atom stereocenters. The quantitative estimate of drug-likeness (QED) is 0.737. The number of para-hydroxylation sites is 1. The zero-order valence-corrected chi connectivity index (χ0v) is 16.0. The van der Waals surface area contributed by atoms with Gasteiger partial charge in [-0.25, -0.2) is 9.78 Å². The molecule has 0 saturated heterocycles. The summed E-state index contributed by atoms with van der Waals surface area (Å²) in [6, 6.07) is 11.6. The van der Waals surface area contributed by atoms with Gasteiger partial charge in [0.1, 0.15) is 5.01 Å². The van der Waals surface area contributed by atoms with Gasteiger partial charge in [0.2, 0.25) is 0 Å². The number of carbonyl (C=O) groups is 1. The second-order valence-electron chi connectivity index (χ2n) is 6.67. The highest BCUT2D eigenvalue weighted by molar-refractivity contribution is 7.09. The van der Waals surface area contributed by atoms with E-state index in [4.69, 9.17) is 5.10 Å². The van der Waals surface area contributed by atoms with Gasteiger partial charge in [-0.2, -0.15) is 5.10 Å². The Morgan fingerprint density at radius 2 is 2.11 bits per heavy atom. The predicted molar refractivity (Wildman–Crippen MR) is 105 cm³/mol. The summed E-state index contributed by atoms with van der Waals surface area (Å²) in [6.07, 6.45) is 1.83. The summed E-state index contributed by atoms with van der Waals surface area (Å²) in [5.41, 5.74) is 2.91. The van der Waals surface area contributed by atoms with Crippen molar-refractivity contribution in [2.75, 3.05) is 18.9 Å². The van der Waals surface area contributed by atoms with Crippen LogP contribution in [0.15, 0.2) is 48.0 Å². The van der Waals surface area contributed by atoms with E-state index in [0.717, 1.165) is 35.2 Å². The lowest BCUT2D eigenvalue weighted by Gasteiger charge is -2.27. The number of nitrogens with one attached hydrogen (secondary N) is 1. The van der Waals surface area contributed by atoms with Crippen molar-refractivity contribution in [1.82, 2.24) is 24.6 Å². The Labute approximate surface area is 162 Å². The van der Waals surface area contributed by atoms with E-state index in [-0.39, 0.29) is 6.03 Å². The van der Waals surface area contributed by atoms with Gasteiger partial charge in [-0.3, -0.25) is 9.58 Å². The molecule has 1 aromatic carbocycles. The first-order valence-electron chi connectivity index (χ1n) is 8.91. The normalized spacial score (nSPS) is 13.6. The minimum absolute atomic E-state index is 0.0731. The molecule has 3 aromatic rings. The third-order valence-electron chi connectivity index (χ3n) is 4.48. The van der Waals surface area contributed by atoms with Crippen molar-refractivity contribution in [3.63, 3.8) is 0 Å². The topological polar surface area (TPSA) is 66.3 Å². The fraction of sp³-hybridized carbons (Fsp3) is 0.316. The molecule has 0 bridgehead atoms. The minimum atomic E-state index is -0.0731. The molecule has 3 heterocycles. The summed E-state index contributed by atoms with van der Waals surface area (Å²) in [6.45, 7) is 3.51. The largest absolute Gasteiger partial charge is 0.322 e. The number of nitrogens with zero attached hydrogens (tertiary/aromatic N) is 5. The SMILES string of the molecule is CN(Cc1cc2n(n1)CCN(C(=O)Nc1ccccc1)C2)Cc1nccs1. The number of hydrogen-bond acceptors (Lipinski definition) is 5. The molecule has 7 nitrogen and oxygen atoms in total. The van der Waals surface area contributed by atoms with E-state index in [9.17, 15) is 4.79 Å². The van der Waals surface area contributed by atoms with Gasteiger partial charge in [-0.1, -0.05) is 18.2 Å². The molecule has 8 heteroatoms. The lowest BCUT2D eigenvalue weighted by atomic mass is 10.2. The smallest absolute Gasteiger partial charge is 0.317 e. The average molecular weight is 382 g/mol. The molecule has 4 rings (SSSR count). The van der Waals surface area contributed by atoms with Crippen LogP contribution in [0.1, 0.15) is 16.4 Å². The lowest BCUT2D eigenvalue weighted by Crippen LogP contribution is -2.40. The predicted octanol–water partition coefficient (Wildman–Crippen LogP) is 3.02. The maximum Gasteiger partial charge on any atom is 0.322 e. The fourth-order valence-corrected chi connectivity index (χ4v) is 3.89. The van der Waals surface area contributed by atoms with E-state index in [1.54, 1.807) is 11.3 Å². The van der Waals surface area contributed by atoms with Crippen LogP contribution in [0.2, 0.25) is 0 Å². The van der Waals surface area contributed by atoms with E-state index in [1.807, 2.05) is 51.5 Å². The molecule has 0 saturated carbocycles. The van der Waals surface area contributed by atoms with Crippen molar-refractivity contribution >= 4 is 23.1 Å². The summed E-state index contributed by atoms with van der Waals surface area (Å²) >= 11 is 1.66. The first kappa shape index (κ1) is 17.7. The Balaban J connectivity index is 1.36. The van der Waals surface area contributed by atoms with Gasteiger partial charge in [0, 0.05) is 30.4 Å². The summed E-state index contributed by atoms with van der Waals surface area (Å²) in [5, 5.41) is 10.7. The van der Waals surface area contributed by atoms with Crippen molar-refractivity contribution in [3.8, 4) is 0 Å². The van der Waals surface area contributed by atoms with Gasteiger partial charge in [-0.05, 0) is 25.2 Å². The number of fused-ring (bicyclic) bond motifs is 1. The van der Waals surface area contributed by atoms with Crippen LogP contribution in [0.5, 0.6) is 0 Å². The van der Waals surface area contributed by atoms with Crippen LogP contribution in [-0.2, 0) is 26.2 Å². The highest BCUT2D eigenvalue weighted by atomic mass is 32.1. The Morgan fingerprint density at radius 3 is 2.89 bits per heavy atom. The molecule has 0 aliphatic carbocycles. The minimum Gasteiger partial charge on any atom is -0.317 e. The second-order valence-corrected chi connectivity index (χ2v) is 7.65. The molecule has 1 N–H and O–H groups in total. The maximum absolute atomic E-state index is 12.5. The molecule has 27 heavy (non-hydrogen) atoms. The van der Waals surface area contributed by atoms with Crippen LogP contribution in [0.25, 0.3) is 0 Å². The summed E-state index contributed by atoms with van der Waals surface area (Å²) in [7, 11) is 2.07. The van der Waals surface area contributed by atoms with Crippen molar-refractivity contribution in [3.05, 3.63) is 64.4 Å². The van der Waals surface area contributed by atoms with Crippen molar-refractivity contribution in [2.45, 2.75) is 26.2 Å². The monoisotopic (exact) mass is 382 g/mol. The average Bonchev–Trinajstić information content (AvgIpc) is 3.30. The number of urea groups is 1. The Hall–Kier alpha value is -2.71. The number of benzene rings is 1. The summed E-state index contributed by atoms with van der Waals surface area (Å²) < 4.78 is 2.01. The molecule has 0 spiro atoms. The van der Waals surface area contributed by atoms with Gasteiger partial charge in [0.25, 0.3) is 0 Å². The van der Waals surface area contributed by atoms with Gasteiger partial charge < -0.3 is 10.2 Å². The lowest BCUT2D eigenvalue weighted by molar-refractivity contribution is 0.194. The van der Waals surface area contributed by atoms with E-state index in [0.29, 0.717) is 19.6 Å². The van der Waals surface area contributed by atoms with E-state index < -0.39 is 0 Å². The Bertz CT molecular complexity index is 892. The van der Waals surface area contributed by atoms with Crippen LogP contribution < -0.4 is 5.32 Å². The fourth-order valence-electron chi connectivity index (χ4n) is 3.19. The van der Waals surface area contributed by atoms with Crippen molar-refractivity contribution in [1.29, 1.82) is 0 Å². The molecule has 2 aromatic heterocycles. The Morgan fingerprint density at radius 1 is 1.26 bits per heavy atom. The highest BCUT2D eigenvalue weighted by Crippen LogP contribution is 2.17. The summed E-state index contributed by atoms with van der Waals surface area (Å²) in [5.74, 6) is 0. The molecule has 140 valence electrons. The van der Waals surface area contributed by atoms with Gasteiger partial charge in [0.05, 0.1) is 31.0 Å². The van der Waals surface area contributed by atoms with Gasteiger partial charge >= 0.3 is 6.03 Å². The molecule has 1 aliphatic rings. The zero-order chi connectivity index (χ0) is 18.6. The van der Waals surface area contributed by atoms with Gasteiger partial charge in [0.15, 0.2) is 0 Å². The number of amides is 2. The standard InChI is InChI=1S/C19H22N6OS/c1-23(14-18-20-7-10-27-18)12-16-11-17-13-24(8-9-25(17)22-16)19(26)21-15-5-3-2-4-6-15/h2-7,10-11H,8-9,12-14H2,1H3,(H,21,26). The second kappa shape index (κ2) is 7.89. The highest BCUT2D eigenvalue weighted by Gasteiger charge is 2.22. The first-order valence-corrected chi connectivity index (χ1v) is 9.79. The number of anilines is 1. The van der Waals surface area contributed by atoms with Crippen LogP contribution in [-0.4, -0.2) is 44.2 Å². The number of carbonyl (C=O) groups excluding carboxylic acids is 1. The molecule has 1 aliphatic heterocycles. The number of thiazole rings is 1.